The highest BCUT2D eigenvalue weighted by molar-refractivity contribution is 5.96. The van der Waals surface area contributed by atoms with Crippen LogP contribution in [0.4, 0.5) is 17.1 Å². The highest BCUT2D eigenvalue weighted by Gasteiger charge is 2.36. The summed E-state index contributed by atoms with van der Waals surface area (Å²) < 4.78 is 2.42. The second-order valence-corrected chi connectivity index (χ2v) is 14.4. The number of anilines is 3. The lowest BCUT2D eigenvalue weighted by Crippen LogP contribution is -2.15. The Hall–Kier alpha value is -6.12. The van der Waals surface area contributed by atoms with E-state index in [-0.39, 0.29) is 5.41 Å². The zero-order valence-corrected chi connectivity index (χ0v) is 29.6. The summed E-state index contributed by atoms with van der Waals surface area (Å²) in [6, 6.07) is 57.3. The topological polar surface area (TPSA) is 8.17 Å². The lowest BCUT2D eigenvalue weighted by Gasteiger charge is -2.25. The monoisotopic (exact) mass is 656 g/mol. The van der Waals surface area contributed by atoms with Gasteiger partial charge in [-0.15, -0.1) is 0 Å². The third-order valence-electron chi connectivity index (χ3n) is 11.0. The number of benzene rings is 7. The molecule has 0 atom stereocenters. The average molecular weight is 657 g/mol. The van der Waals surface area contributed by atoms with E-state index in [1.165, 1.54) is 72.0 Å². The lowest BCUT2D eigenvalue weighted by molar-refractivity contribution is 0.660. The quantitative estimate of drug-likeness (QED) is 0.162. The van der Waals surface area contributed by atoms with E-state index in [4.69, 9.17) is 0 Å². The van der Waals surface area contributed by atoms with Gasteiger partial charge in [0.1, 0.15) is 0 Å². The maximum Gasteiger partial charge on any atom is 0.0537 e. The van der Waals surface area contributed by atoms with E-state index >= 15 is 0 Å². The van der Waals surface area contributed by atoms with Gasteiger partial charge in [-0.25, -0.2) is 0 Å². The van der Waals surface area contributed by atoms with Gasteiger partial charge in [-0.2, -0.15) is 0 Å². The van der Waals surface area contributed by atoms with Crippen molar-refractivity contribution in [3.63, 3.8) is 0 Å². The largest absolute Gasteiger partial charge is 0.314 e. The minimum Gasteiger partial charge on any atom is -0.314 e. The molecule has 0 aliphatic heterocycles. The van der Waals surface area contributed by atoms with Gasteiger partial charge in [0.2, 0.25) is 0 Å². The molecule has 0 amide bonds. The maximum atomic E-state index is 2.45. The van der Waals surface area contributed by atoms with Crippen LogP contribution in [0.25, 0.3) is 50.6 Å². The Kier molecular flexibility index (Phi) is 7.29. The summed E-state index contributed by atoms with van der Waals surface area (Å²) in [5.74, 6) is 0. The predicted molar refractivity (Wildman–Crippen MR) is 218 cm³/mol. The van der Waals surface area contributed by atoms with Gasteiger partial charge in [0.25, 0.3) is 0 Å². The van der Waals surface area contributed by atoms with Crippen LogP contribution in [0.3, 0.4) is 0 Å². The number of aromatic nitrogens is 1. The van der Waals surface area contributed by atoms with Gasteiger partial charge in [-0.1, -0.05) is 117 Å². The first-order valence-electron chi connectivity index (χ1n) is 17.9. The van der Waals surface area contributed by atoms with Crippen molar-refractivity contribution in [2.24, 2.45) is 0 Å². The normalized spacial score (nSPS) is 13.2. The fourth-order valence-corrected chi connectivity index (χ4v) is 8.12. The molecule has 0 saturated heterocycles. The molecule has 2 heteroatoms. The van der Waals surface area contributed by atoms with Crippen molar-refractivity contribution in [2.75, 3.05) is 4.90 Å². The van der Waals surface area contributed by atoms with Crippen LogP contribution in [0.2, 0.25) is 0 Å². The number of aryl methyl sites for hydroxylation is 1. The molecule has 0 radical (unpaired) electrons. The second-order valence-electron chi connectivity index (χ2n) is 14.4. The van der Waals surface area contributed by atoms with E-state index in [0.29, 0.717) is 0 Å². The molecule has 51 heavy (non-hydrogen) atoms. The lowest BCUT2D eigenvalue weighted by atomic mass is 9.81. The van der Waals surface area contributed by atoms with Crippen LogP contribution in [0.5, 0.6) is 0 Å². The molecule has 0 bridgehead atoms. The molecule has 0 saturated carbocycles. The molecular weight excluding hydrogens is 617 g/mol. The molecular formula is C49H40N2. The highest BCUT2D eigenvalue weighted by Crippen LogP contribution is 2.51. The van der Waals surface area contributed by atoms with Gasteiger partial charge in [0.15, 0.2) is 0 Å². The van der Waals surface area contributed by atoms with Crippen molar-refractivity contribution < 1.29 is 0 Å². The molecule has 1 heterocycles. The van der Waals surface area contributed by atoms with Crippen LogP contribution >= 0.6 is 0 Å². The van der Waals surface area contributed by atoms with E-state index in [2.05, 4.69) is 207 Å². The Morgan fingerprint density at radius 3 is 1.76 bits per heavy atom. The molecule has 1 aromatic heterocycles. The molecule has 8 aromatic rings. The van der Waals surface area contributed by atoms with Crippen molar-refractivity contribution in [3.05, 3.63) is 191 Å². The van der Waals surface area contributed by atoms with Gasteiger partial charge in [0.05, 0.1) is 5.52 Å². The van der Waals surface area contributed by atoms with E-state index in [0.717, 1.165) is 17.1 Å². The molecule has 0 unspecified atom stereocenters. The van der Waals surface area contributed by atoms with Crippen molar-refractivity contribution in [1.82, 2.24) is 4.57 Å². The first-order chi connectivity index (χ1) is 24.9. The van der Waals surface area contributed by atoms with Crippen molar-refractivity contribution >= 4 is 50.9 Å². The molecule has 7 aromatic carbocycles. The molecule has 1 aliphatic rings. The van der Waals surface area contributed by atoms with Crippen molar-refractivity contribution in [1.29, 1.82) is 0 Å². The smallest absolute Gasteiger partial charge is 0.0537 e. The summed E-state index contributed by atoms with van der Waals surface area (Å²) in [6.07, 6.45) is 4.50. The number of fused-ring (bicyclic) bond motifs is 5. The zero-order chi connectivity index (χ0) is 34.7. The number of hydrogen-bond acceptors (Lipinski definition) is 1. The molecule has 0 fully saturated rings. The summed E-state index contributed by atoms with van der Waals surface area (Å²) in [5, 5.41) is 3.78. The number of nitrogens with zero attached hydrogens (tertiary/aromatic N) is 2. The van der Waals surface area contributed by atoms with Gasteiger partial charge < -0.3 is 9.47 Å². The van der Waals surface area contributed by atoms with E-state index in [1.54, 1.807) is 0 Å². The van der Waals surface area contributed by atoms with Crippen molar-refractivity contribution in [3.8, 4) is 16.8 Å². The van der Waals surface area contributed by atoms with Gasteiger partial charge in [-0.3, -0.25) is 0 Å². The Bertz CT molecular complexity index is 2570. The number of para-hydroxylation sites is 3. The summed E-state index contributed by atoms with van der Waals surface area (Å²) in [6.45, 7) is 9.25. The summed E-state index contributed by atoms with van der Waals surface area (Å²) in [5.41, 5.74) is 16.4. The second kappa shape index (κ2) is 12.0. The minimum absolute atomic E-state index is 0.107. The summed E-state index contributed by atoms with van der Waals surface area (Å²) in [7, 11) is 0. The van der Waals surface area contributed by atoms with Crippen LogP contribution in [-0.4, -0.2) is 4.57 Å². The Balaban J connectivity index is 1.03. The first kappa shape index (κ1) is 30.9. The molecule has 246 valence electrons. The Morgan fingerprint density at radius 1 is 0.510 bits per heavy atom. The van der Waals surface area contributed by atoms with E-state index < -0.39 is 0 Å². The molecule has 0 N–H and O–H groups in total. The maximum absolute atomic E-state index is 2.45. The first-order valence-corrected chi connectivity index (χ1v) is 17.9. The molecule has 1 aliphatic carbocycles. The van der Waals surface area contributed by atoms with Crippen LogP contribution in [0.15, 0.2) is 158 Å². The third-order valence-corrected chi connectivity index (χ3v) is 11.0. The van der Waals surface area contributed by atoms with Crippen LogP contribution < -0.4 is 4.90 Å². The predicted octanol–water partition coefficient (Wildman–Crippen LogP) is 13.3. The Morgan fingerprint density at radius 2 is 1.08 bits per heavy atom. The van der Waals surface area contributed by atoms with Crippen LogP contribution in [0, 0.1) is 13.8 Å². The number of rotatable bonds is 6. The van der Waals surface area contributed by atoms with Gasteiger partial charge in [-0.05, 0) is 130 Å². The molecule has 0 spiro atoms. The fraction of sp³-hybridized carbons (Fsp3) is 0.102. The minimum atomic E-state index is -0.107. The zero-order valence-electron chi connectivity index (χ0n) is 29.6. The highest BCUT2D eigenvalue weighted by atomic mass is 15.1. The standard InChI is InChI=1S/C49H40N2/c1-33-34(2)50(39-14-8-5-9-15-39)48-32-47-45(31-44(33)48)43-27-23-36(29-46(43)49(47,3)4)21-20-35-22-24-38-30-42(26-25-37(38)28-35)51(40-16-10-6-11-17-40)41-18-12-7-13-19-41/h5-32H,1-4H3. The van der Waals surface area contributed by atoms with E-state index in [1.807, 2.05) is 0 Å². The van der Waals surface area contributed by atoms with Crippen LogP contribution in [0.1, 0.15) is 47.4 Å². The number of hydrogen-bond donors (Lipinski definition) is 0. The Labute approximate surface area is 300 Å². The van der Waals surface area contributed by atoms with Crippen LogP contribution in [-0.2, 0) is 5.41 Å². The van der Waals surface area contributed by atoms with Gasteiger partial charge >= 0.3 is 0 Å². The van der Waals surface area contributed by atoms with Gasteiger partial charge in [0, 0.05) is 39.2 Å². The third kappa shape index (κ3) is 5.18. The average Bonchev–Trinajstić information content (AvgIpc) is 3.55. The SMILES string of the molecule is Cc1c(C)n(-c2ccccc2)c2cc3c(cc12)-c1ccc(C=Cc2ccc4cc(N(c5ccccc5)c5ccccc5)ccc4c2)cc1C3(C)C. The summed E-state index contributed by atoms with van der Waals surface area (Å²) >= 11 is 0. The fourth-order valence-electron chi connectivity index (χ4n) is 8.12. The molecule has 9 rings (SSSR count). The summed E-state index contributed by atoms with van der Waals surface area (Å²) in [4.78, 5) is 2.31. The van der Waals surface area contributed by atoms with Crippen molar-refractivity contribution in [2.45, 2.75) is 33.1 Å². The van der Waals surface area contributed by atoms with E-state index in [9.17, 15) is 0 Å². The molecule has 2 nitrogen and oxygen atoms in total.